The van der Waals surface area contributed by atoms with Crippen LogP contribution in [0.1, 0.15) is 29.0 Å². The van der Waals surface area contributed by atoms with Crippen LogP contribution >= 0.6 is 22.7 Å². The first-order chi connectivity index (χ1) is 28.2. The first-order valence-electron chi connectivity index (χ1n) is 19.3. The molecule has 0 saturated heterocycles. The van der Waals surface area contributed by atoms with E-state index in [1.54, 1.807) is 0 Å². The molecule has 1 aliphatic rings. The molecule has 3 aromatic heterocycles. The number of aromatic nitrogens is 1. The van der Waals surface area contributed by atoms with Crippen LogP contribution in [0.15, 0.2) is 187 Å². The van der Waals surface area contributed by atoms with Crippen LogP contribution in [0, 0.1) is 0 Å². The highest BCUT2D eigenvalue weighted by Crippen LogP contribution is 2.44. The maximum Gasteiger partial charge on any atom is 0.131 e. The monoisotopic (exact) mass is 766 g/mol. The minimum absolute atomic E-state index is 0.0681. The summed E-state index contributed by atoms with van der Waals surface area (Å²) < 4.78 is 7.59. The molecule has 8 aromatic carbocycles. The second-order valence-electron chi connectivity index (χ2n) is 14.8. The van der Waals surface area contributed by atoms with Crippen molar-refractivity contribution in [2.75, 3.05) is 0 Å². The van der Waals surface area contributed by atoms with Crippen molar-refractivity contribution in [3.05, 3.63) is 199 Å². The zero-order valence-corrected chi connectivity index (χ0v) is 32.3. The van der Waals surface area contributed by atoms with Crippen molar-refractivity contribution >= 4 is 90.7 Å². The standard InChI is InChI=1S/C51H34N4S2/c1-3-12-31(13-4-1)49-52-50(32-14-5-2-6-15-32)54-51(53-49)34-23-26-40-39-25-22-33(28-45(39)56-46(40)29-34)36-18-11-19-42-41-27-24-35(30-47(41)57-48(36)42)55-43-20-9-7-16-37(43)38-17-8-10-21-44(38)55/h1-30,49,51,53H,(H,52,54). The SMILES string of the molecule is c1ccc(C2=NC(c3ccc4c(c3)sc3cc(-c5cccc6c5sc5cc(-n7c8ccccc8c8ccccc87)ccc56)ccc34)NC(c3ccccc3)N2)cc1. The molecule has 11 aromatic rings. The summed E-state index contributed by atoms with van der Waals surface area (Å²) in [7, 11) is 0. The third-order valence-corrected chi connectivity index (χ3v) is 13.8. The van der Waals surface area contributed by atoms with E-state index in [-0.39, 0.29) is 12.3 Å². The number of nitrogens with zero attached hydrogens (tertiary/aromatic N) is 2. The Hall–Kier alpha value is -6.57. The normalized spacial score (nSPS) is 15.9. The van der Waals surface area contributed by atoms with Gasteiger partial charge in [0.1, 0.15) is 18.2 Å². The van der Waals surface area contributed by atoms with E-state index >= 15 is 0 Å². The van der Waals surface area contributed by atoms with Gasteiger partial charge in [0, 0.05) is 62.4 Å². The number of benzene rings is 8. The van der Waals surface area contributed by atoms with E-state index in [1.165, 1.54) is 84.5 Å². The molecule has 57 heavy (non-hydrogen) atoms. The van der Waals surface area contributed by atoms with Crippen molar-refractivity contribution in [2.24, 2.45) is 4.99 Å². The Morgan fingerprint density at radius 1 is 0.456 bits per heavy atom. The molecule has 2 unspecified atom stereocenters. The van der Waals surface area contributed by atoms with E-state index in [0.717, 1.165) is 17.0 Å². The fourth-order valence-electron chi connectivity index (χ4n) is 8.77. The lowest BCUT2D eigenvalue weighted by molar-refractivity contribution is 0.409. The number of thiophene rings is 2. The Morgan fingerprint density at radius 2 is 1.09 bits per heavy atom. The quantitative estimate of drug-likeness (QED) is 0.183. The Labute approximate surface area is 337 Å². The maximum atomic E-state index is 5.20. The number of nitrogens with one attached hydrogen (secondary N) is 2. The van der Waals surface area contributed by atoms with E-state index in [4.69, 9.17) is 4.99 Å². The summed E-state index contributed by atoms with van der Waals surface area (Å²) in [5, 5.41) is 15.2. The number of hydrogen-bond acceptors (Lipinski definition) is 5. The molecule has 12 rings (SSSR count). The Bertz CT molecular complexity index is 3320. The zero-order chi connectivity index (χ0) is 37.5. The van der Waals surface area contributed by atoms with Gasteiger partial charge in [-0.3, -0.25) is 5.32 Å². The van der Waals surface area contributed by atoms with Crippen LogP contribution in [0.4, 0.5) is 0 Å². The van der Waals surface area contributed by atoms with Crippen LogP contribution in [-0.4, -0.2) is 10.4 Å². The van der Waals surface area contributed by atoms with Gasteiger partial charge in [-0.15, -0.1) is 22.7 Å². The summed E-state index contributed by atoms with van der Waals surface area (Å²) in [4.78, 5) is 5.20. The van der Waals surface area contributed by atoms with Crippen molar-refractivity contribution in [1.29, 1.82) is 0 Å². The fraction of sp³-hybridized carbons (Fsp3) is 0.0392. The lowest BCUT2D eigenvalue weighted by Gasteiger charge is -2.32. The molecule has 2 N–H and O–H groups in total. The third-order valence-electron chi connectivity index (χ3n) is 11.5. The van der Waals surface area contributed by atoms with Gasteiger partial charge in [0.25, 0.3) is 0 Å². The molecule has 0 bridgehead atoms. The molecule has 0 aliphatic carbocycles. The van der Waals surface area contributed by atoms with Crippen molar-refractivity contribution in [3.8, 4) is 16.8 Å². The number of aliphatic imine (C=N–C) groups is 1. The molecule has 6 heteroatoms. The van der Waals surface area contributed by atoms with E-state index in [9.17, 15) is 0 Å². The molecule has 270 valence electrons. The van der Waals surface area contributed by atoms with Crippen LogP contribution in [-0.2, 0) is 0 Å². The molecule has 4 heterocycles. The number of para-hydroxylation sites is 2. The summed E-state index contributed by atoms with van der Waals surface area (Å²) in [6, 6.07) is 66.0. The van der Waals surface area contributed by atoms with Crippen molar-refractivity contribution in [2.45, 2.75) is 12.3 Å². The van der Waals surface area contributed by atoms with Gasteiger partial charge in [0.15, 0.2) is 0 Å². The van der Waals surface area contributed by atoms with Gasteiger partial charge in [-0.1, -0.05) is 146 Å². The molecule has 2 atom stereocenters. The minimum atomic E-state index is -0.196. The van der Waals surface area contributed by atoms with Gasteiger partial charge in [-0.25, -0.2) is 4.99 Å². The first kappa shape index (κ1) is 32.7. The second-order valence-corrected chi connectivity index (χ2v) is 16.9. The van der Waals surface area contributed by atoms with Crippen LogP contribution < -0.4 is 10.6 Å². The van der Waals surface area contributed by atoms with Gasteiger partial charge in [0.05, 0.1) is 11.0 Å². The van der Waals surface area contributed by atoms with Gasteiger partial charge in [0.2, 0.25) is 0 Å². The summed E-state index contributed by atoms with van der Waals surface area (Å²) >= 11 is 3.76. The predicted octanol–water partition coefficient (Wildman–Crippen LogP) is 13.5. The Balaban J connectivity index is 0.928. The molecule has 0 spiro atoms. The highest BCUT2D eigenvalue weighted by molar-refractivity contribution is 7.26. The smallest absolute Gasteiger partial charge is 0.131 e. The lowest BCUT2D eigenvalue weighted by atomic mass is 10.0. The zero-order valence-electron chi connectivity index (χ0n) is 30.7. The van der Waals surface area contributed by atoms with E-state index in [1.807, 2.05) is 28.7 Å². The Morgan fingerprint density at radius 3 is 1.88 bits per heavy atom. The van der Waals surface area contributed by atoms with Crippen LogP contribution in [0.3, 0.4) is 0 Å². The average molecular weight is 767 g/mol. The third kappa shape index (κ3) is 5.33. The van der Waals surface area contributed by atoms with E-state index < -0.39 is 0 Å². The van der Waals surface area contributed by atoms with Crippen molar-refractivity contribution in [1.82, 2.24) is 15.2 Å². The van der Waals surface area contributed by atoms with Crippen molar-refractivity contribution in [3.63, 3.8) is 0 Å². The highest BCUT2D eigenvalue weighted by Gasteiger charge is 2.26. The second kappa shape index (κ2) is 13.0. The molecule has 0 saturated carbocycles. The van der Waals surface area contributed by atoms with Gasteiger partial charge >= 0.3 is 0 Å². The predicted molar refractivity (Wildman–Crippen MR) is 243 cm³/mol. The van der Waals surface area contributed by atoms with Crippen molar-refractivity contribution < 1.29 is 0 Å². The fourth-order valence-corrected chi connectivity index (χ4v) is 11.2. The number of fused-ring (bicyclic) bond motifs is 9. The molecule has 4 nitrogen and oxygen atoms in total. The molecule has 0 radical (unpaired) electrons. The largest absolute Gasteiger partial charge is 0.350 e. The minimum Gasteiger partial charge on any atom is -0.350 e. The summed E-state index contributed by atoms with van der Waals surface area (Å²) in [6.07, 6.45) is -0.265. The van der Waals surface area contributed by atoms with E-state index in [2.05, 4.69) is 191 Å². The average Bonchev–Trinajstić information content (AvgIpc) is 3.95. The summed E-state index contributed by atoms with van der Waals surface area (Å²) in [6.45, 7) is 0. The maximum absolute atomic E-state index is 5.20. The molecule has 0 amide bonds. The summed E-state index contributed by atoms with van der Waals surface area (Å²) in [5.41, 5.74) is 9.60. The summed E-state index contributed by atoms with van der Waals surface area (Å²) in [5.74, 6) is 0.896. The topological polar surface area (TPSA) is 41.4 Å². The highest BCUT2D eigenvalue weighted by atomic mass is 32.1. The number of amidine groups is 1. The van der Waals surface area contributed by atoms with Crippen LogP contribution in [0.2, 0.25) is 0 Å². The molecule has 0 fully saturated rings. The lowest BCUT2D eigenvalue weighted by Crippen LogP contribution is -2.44. The number of hydrogen-bond donors (Lipinski definition) is 2. The van der Waals surface area contributed by atoms with E-state index in [0.29, 0.717) is 0 Å². The molecular formula is C51H34N4S2. The Kier molecular flexibility index (Phi) is 7.45. The first-order valence-corrected chi connectivity index (χ1v) is 21.0. The number of rotatable bonds is 5. The molecule has 1 aliphatic heterocycles. The molecular weight excluding hydrogens is 733 g/mol. The van der Waals surface area contributed by atoms with Gasteiger partial charge < -0.3 is 9.88 Å². The van der Waals surface area contributed by atoms with Gasteiger partial charge in [-0.2, -0.15) is 0 Å². The van der Waals surface area contributed by atoms with Gasteiger partial charge in [-0.05, 0) is 58.7 Å². The van der Waals surface area contributed by atoms with Crippen LogP contribution in [0.5, 0.6) is 0 Å². The van der Waals surface area contributed by atoms with Crippen LogP contribution in [0.25, 0.3) is 79.0 Å².